The minimum absolute atomic E-state index is 0.0905. The molecule has 0 aliphatic heterocycles. The van der Waals surface area contributed by atoms with Crippen LogP contribution in [0.15, 0.2) is 34.1 Å². The van der Waals surface area contributed by atoms with E-state index in [4.69, 9.17) is 9.15 Å². The van der Waals surface area contributed by atoms with Crippen LogP contribution >= 0.6 is 11.3 Å². The number of aryl methyl sites for hydroxylation is 1. The van der Waals surface area contributed by atoms with Gasteiger partial charge >= 0.3 is 0 Å². The van der Waals surface area contributed by atoms with Gasteiger partial charge in [-0.2, -0.15) is 0 Å². The summed E-state index contributed by atoms with van der Waals surface area (Å²) in [6, 6.07) is 6.11. The number of amides is 3. The number of rotatable bonds is 10. The highest BCUT2D eigenvalue weighted by molar-refractivity contribution is 7.12. The number of hydrogen-bond acceptors (Lipinski definition) is 6. The molecule has 174 valence electrons. The van der Waals surface area contributed by atoms with E-state index in [0.717, 1.165) is 25.7 Å². The molecule has 3 rings (SSSR count). The number of thiophene rings is 1. The Bertz CT molecular complexity index is 889. The van der Waals surface area contributed by atoms with E-state index < -0.39 is 6.04 Å². The van der Waals surface area contributed by atoms with Gasteiger partial charge in [-0.05, 0) is 43.3 Å². The van der Waals surface area contributed by atoms with E-state index in [-0.39, 0.29) is 43.5 Å². The van der Waals surface area contributed by atoms with Crippen molar-refractivity contribution in [2.75, 3.05) is 26.8 Å². The van der Waals surface area contributed by atoms with Crippen molar-refractivity contribution in [2.24, 2.45) is 0 Å². The molecule has 1 fully saturated rings. The lowest BCUT2D eigenvalue weighted by molar-refractivity contribution is -0.142. The van der Waals surface area contributed by atoms with Crippen LogP contribution in [-0.2, 0) is 14.3 Å². The van der Waals surface area contributed by atoms with E-state index in [0.29, 0.717) is 16.4 Å². The summed E-state index contributed by atoms with van der Waals surface area (Å²) in [6.07, 6.45) is 5.19. The van der Waals surface area contributed by atoms with Crippen molar-refractivity contribution in [1.29, 1.82) is 0 Å². The Hall–Kier alpha value is -2.65. The van der Waals surface area contributed by atoms with Gasteiger partial charge < -0.3 is 24.7 Å². The maximum Gasteiger partial charge on any atom is 0.261 e. The van der Waals surface area contributed by atoms with E-state index in [9.17, 15) is 14.4 Å². The molecular formula is C23H31N3O5S. The van der Waals surface area contributed by atoms with Crippen LogP contribution in [0.5, 0.6) is 0 Å². The molecule has 1 saturated carbocycles. The summed E-state index contributed by atoms with van der Waals surface area (Å²) < 4.78 is 11.0. The smallest absolute Gasteiger partial charge is 0.261 e. The van der Waals surface area contributed by atoms with Gasteiger partial charge in [-0.25, -0.2) is 0 Å². The Morgan fingerprint density at radius 1 is 1.22 bits per heavy atom. The van der Waals surface area contributed by atoms with Crippen LogP contribution < -0.4 is 10.6 Å². The van der Waals surface area contributed by atoms with Gasteiger partial charge in [0.1, 0.15) is 11.5 Å². The van der Waals surface area contributed by atoms with Crippen LogP contribution in [0.25, 0.3) is 0 Å². The van der Waals surface area contributed by atoms with E-state index in [2.05, 4.69) is 10.6 Å². The summed E-state index contributed by atoms with van der Waals surface area (Å²) in [7, 11) is 1.54. The zero-order valence-corrected chi connectivity index (χ0v) is 19.4. The molecule has 0 radical (unpaired) electrons. The number of methoxy groups -OCH3 is 1. The third-order valence-electron chi connectivity index (χ3n) is 5.54. The van der Waals surface area contributed by atoms with Gasteiger partial charge in [-0.1, -0.05) is 25.3 Å². The summed E-state index contributed by atoms with van der Waals surface area (Å²) in [5.74, 6) is 0.0626. The van der Waals surface area contributed by atoms with E-state index >= 15 is 0 Å². The van der Waals surface area contributed by atoms with Crippen molar-refractivity contribution in [1.82, 2.24) is 15.5 Å². The Morgan fingerprint density at radius 3 is 2.62 bits per heavy atom. The molecule has 1 atom stereocenters. The average Bonchev–Trinajstić information content (AvgIpc) is 3.47. The molecular weight excluding hydrogens is 430 g/mol. The average molecular weight is 462 g/mol. The summed E-state index contributed by atoms with van der Waals surface area (Å²) >= 11 is 1.30. The first-order valence-corrected chi connectivity index (χ1v) is 11.8. The van der Waals surface area contributed by atoms with Crippen LogP contribution in [0.4, 0.5) is 0 Å². The Balaban J connectivity index is 1.78. The molecule has 3 amide bonds. The summed E-state index contributed by atoms with van der Waals surface area (Å²) in [5.41, 5.74) is 0. The van der Waals surface area contributed by atoms with Gasteiger partial charge in [0, 0.05) is 19.7 Å². The lowest BCUT2D eigenvalue weighted by atomic mass is 9.95. The zero-order valence-electron chi connectivity index (χ0n) is 18.6. The highest BCUT2D eigenvalue weighted by Crippen LogP contribution is 2.25. The van der Waals surface area contributed by atoms with E-state index in [1.165, 1.54) is 29.8 Å². The van der Waals surface area contributed by atoms with Crippen LogP contribution in [0.2, 0.25) is 0 Å². The predicted molar refractivity (Wildman–Crippen MR) is 121 cm³/mol. The zero-order chi connectivity index (χ0) is 22.9. The summed E-state index contributed by atoms with van der Waals surface area (Å²) in [5, 5.41) is 7.56. The van der Waals surface area contributed by atoms with Gasteiger partial charge in [0.25, 0.3) is 11.8 Å². The molecule has 0 unspecified atom stereocenters. The molecule has 0 aromatic carbocycles. The minimum Gasteiger partial charge on any atom is -0.464 e. The first kappa shape index (κ1) is 24.0. The number of furan rings is 1. The molecule has 9 heteroatoms. The highest BCUT2D eigenvalue weighted by atomic mass is 32.1. The summed E-state index contributed by atoms with van der Waals surface area (Å²) in [4.78, 5) is 40.8. The largest absolute Gasteiger partial charge is 0.464 e. The second-order valence-corrected chi connectivity index (χ2v) is 8.88. The van der Waals surface area contributed by atoms with Crippen molar-refractivity contribution in [3.8, 4) is 0 Å². The number of carbonyl (C=O) groups excluding carboxylic acids is 3. The first-order chi connectivity index (χ1) is 15.5. The molecule has 8 nitrogen and oxygen atoms in total. The maximum atomic E-state index is 13.4. The van der Waals surface area contributed by atoms with Crippen LogP contribution in [0, 0.1) is 6.92 Å². The van der Waals surface area contributed by atoms with Crippen LogP contribution in [0.3, 0.4) is 0 Å². The fraction of sp³-hybridized carbons (Fsp3) is 0.522. The first-order valence-electron chi connectivity index (χ1n) is 11.0. The normalized spacial score (nSPS) is 15.2. The molecule has 1 aliphatic rings. The number of carbonyl (C=O) groups is 3. The molecule has 2 aromatic rings. The second kappa shape index (κ2) is 11.8. The molecule has 0 bridgehead atoms. The van der Waals surface area contributed by atoms with Gasteiger partial charge in [-0.15, -0.1) is 11.3 Å². The molecule has 0 spiro atoms. The number of nitrogens with one attached hydrogen (secondary N) is 2. The third kappa shape index (κ3) is 6.43. The molecule has 0 saturated heterocycles. The van der Waals surface area contributed by atoms with Gasteiger partial charge in [0.2, 0.25) is 5.91 Å². The van der Waals surface area contributed by atoms with Gasteiger partial charge in [-0.3, -0.25) is 14.4 Å². The topological polar surface area (TPSA) is 101 Å². The SMILES string of the molecule is COCCN(C(=O)CNC(=O)c1cccs1)[C@@H](C(=O)NC1CCCCC1)c1ccc(C)o1. The standard InChI is InChI=1S/C23H31N3O5S/c1-16-10-11-18(31-16)21(23(29)25-17-7-4-3-5-8-17)26(12-13-30-2)20(27)15-24-22(28)19-9-6-14-32-19/h6,9-11,14,17,21H,3-5,7-8,12-13,15H2,1-2H3,(H,24,28)(H,25,29)/t21-/m1/s1. The van der Waals surface area contributed by atoms with E-state index in [1.807, 2.05) is 0 Å². The molecule has 2 N–H and O–H groups in total. The molecule has 32 heavy (non-hydrogen) atoms. The van der Waals surface area contributed by atoms with Crippen LogP contribution in [0.1, 0.15) is 59.3 Å². The van der Waals surface area contributed by atoms with Crippen molar-refractivity contribution in [3.05, 3.63) is 46.0 Å². The quantitative estimate of drug-likeness (QED) is 0.566. The molecule has 2 heterocycles. The third-order valence-corrected chi connectivity index (χ3v) is 6.41. The predicted octanol–water partition coefficient (Wildman–Crippen LogP) is 3.04. The fourth-order valence-electron chi connectivity index (χ4n) is 3.89. The molecule has 2 aromatic heterocycles. The lowest BCUT2D eigenvalue weighted by Gasteiger charge is -2.32. The fourth-order valence-corrected chi connectivity index (χ4v) is 4.53. The summed E-state index contributed by atoms with van der Waals surface area (Å²) in [6.45, 7) is 2.00. The van der Waals surface area contributed by atoms with Crippen molar-refractivity contribution in [2.45, 2.75) is 51.1 Å². The number of ether oxygens (including phenoxy) is 1. The van der Waals surface area contributed by atoms with Gasteiger partial charge in [0.15, 0.2) is 6.04 Å². The van der Waals surface area contributed by atoms with E-state index in [1.54, 1.807) is 36.6 Å². The monoisotopic (exact) mass is 461 g/mol. The second-order valence-electron chi connectivity index (χ2n) is 7.93. The van der Waals surface area contributed by atoms with Crippen molar-refractivity contribution < 1.29 is 23.5 Å². The Kier molecular flexibility index (Phi) is 8.87. The number of hydrogen-bond donors (Lipinski definition) is 2. The Morgan fingerprint density at radius 2 is 2.00 bits per heavy atom. The minimum atomic E-state index is -0.938. The highest BCUT2D eigenvalue weighted by Gasteiger charge is 2.35. The van der Waals surface area contributed by atoms with Crippen molar-refractivity contribution in [3.63, 3.8) is 0 Å². The van der Waals surface area contributed by atoms with Crippen LogP contribution in [-0.4, -0.2) is 55.5 Å². The van der Waals surface area contributed by atoms with Gasteiger partial charge in [0.05, 0.1) is 18.0 Å². The lowest BCUT2D eigenvalue weighted by Crippen LogP contribution is -2.50. The Labute approximate surface area is 192 Å². The number of nitrogens with zero attached hydrogens (tertiary/aromatic N) is 1. The molecule has 1 aliphatic carbocycles. The van der Waals surface area contributed by atoms with Crippen molar-refractivity contribution >= 4 is 29.1 Å². The maximum absolute atomic E-state index is 13.4.